The molecule has 1 fully saturated rings. The fourth-order valence-corrected chi connectivity index (χ4v) is 4.14. The number of nitrogens with zero attached hydrogens (tertiary/aromatic N) is 2. The Morgan fingerprint density at radius 1 is 0.875 bits per heavy atom. The first kappa shape index (κ1) is 21.9. The highest BCUT2D eigenvalue weighted by Crippen LogP contribution is 2.27. The van der Waals surface area contributed by atoms with Crippen LogP contribution < -0.4 is 9.64 Å². The minimum Gasteiger partial charge on any atom is -0.497 e. The molecule has 3 aromatic carbocycles. The second kappa shape index (κ2) is 10.3. The van der Waals surface area contributed by atoms with E-state index in [0.29, 0.717) is 12.2 Å². The van der Waals surface area contributed by atoms with E-state index >= 15 is 0 Å². The SMILES string of the molecule is CCOC(=O)c1ccc(N2CCN(Cc3ccccc3-c3ccc(OC)cc3)CC2)cc1. The minimum atomic E-state index is -0.264. The van der Waals surface area contributed by atoms with Gasteiger partial charge in [-0.1, -0.05) is 36.4 Å². The normalized spacial score (nSPS) is 14.2. The van der Waals surface area contributed by atoms with Crippen molar-refractivity contribution >= 4 is 11.7 Å². The molecule has 0 saturated carbocycles. The number of anilines is 1. The Bertz CT molecular complexity index is 1020. The molecule has 1 heterocycles. The van der Waals surface area contributed by atoms with Crippen LogP contribution in [0, 0.1) is 0 Å². The van der Waals surface area contributed by atoms with Gasteiger partial charge in [0.2, 0.25) is 0 Å². The monoisotopic (exact) mass is 430 g/mol. The summed E-state index contributed by atoms with van der Waals surface area (Å²) in [5.74, 6) is 0.608. The standard InChI is InChI=1S/C27H30N2O3/c1-3-32-27(30)22-8-12-24(13-9-22)29-18-16-28(17-19-29)20-23-6-4-5-7-26(23)21-10-14-25(31-2)15-11-21/h4-15H,3,16-20H2,1-2H3. The largest absolute Gasteiger partial charge is 0.497 e. The van der Waals surface area contributed by atoms with Gasteiger partial charge in [-0.25, -0.2) is 4.79 Å². The van der Waals surface area contributed by atoms with E-state index in [4.69, 9.17) is 9.47 Å². The van der Waals surface area contributed by atoms with E-state index in [-0.39, 0.29) is 5.97 Å². The van der Waals surface area contributed by atoms with Crippen LogP contribution in [-0.4, -0.2) is 50.8 Å². The van der Waals surface area contributed by atoms with Gasteiger partial charge < -0.3 is 14.4 Å². The number of methoxy groups -OCH3 is 1. The number of rotatable bonds is 7. The Balaban J connectivity index is 1.38. The summed E-state index contributed by atoms with van der Waals surface area (Å²) in [6.45, 7) is 7.06. The fraction of sp³-hybridized carbons (Fsp3) is 0.296. The second-order valence-electron chi connectivity index (χ2n) is 7.92. The van der Waals surface area contributed by atoms with Gasteiger partial charge in [-0.05, 0) is 60.0 Å². The first-order valence-electron chi connectivity index (χ1n) is 11.1. The summed E-state index contributed by atoms with van der Waals surface area (Å²) < 4.78 is 10.4. The Hall–Kier alpha value is -3.31. The van der Waals surface area contributed by atoms with Crippen LogP contribution in [0.3, 0.4) is 0 Å². The summed E-state index contributed by atoms with van der Waals surface area (Å²) in [4.78, 5) is 16.7. The molecule has 1 aliphatic rings. The molecule has 0 unspecified atom stereocenters. The number of benzene rings is 3. The van der Waals surface area contributed by atoms with Gasteiger partial charge in [0.25, 0.3) is 0 Å². The number of piperazine rings is 1. The topological polar surface area (TPSA) is 42.0 Å². The molecular weight excluding hydrogens is 400 g/mol. The third kappa shape index (κ3) is 5.11. The van der Waals surface area contributed by atoms with Crippen LogP contribution in [0.4, 0.5) is 5.69 Å². The molecule has 166 valence electrons. The van der Waals surface area contributed by atoms with Crippen LogP contribution in [0.5, 0.6) is 5.75 Å². The summed E-state index contributed by atoms with van der Waals surface area (Å²) in [6.07, 6.45) is 0. The summed E-state index contributed by atoms with van der Waals surface area (Å²) in [7, 11) is 1.69. The van der Waals surface area contributed by atoms with Gasteiger partial charge in [0.15, 0.2) is 0 Å². The Labute approximate surface area is 190 Å². The molecule has 4 rings (SSSR count). The third-order valence-corrected chi connectivity index (χ3v) is 5.93. The van der Waals surface area contributed by atoms with Gasteiger partial charge in [0, 0.05) is 38.4 Å². The molecule has 0 N–H and O–H groups in total. The molecule has 0 amide bonds. The lowest BCUT2D eigenvalue weighted by molar-refractivity contribution is 0.0526. The van der Waals surface area contributed by atoms with Crippen LogP contribution in [0.15, 0.2) is 72.8 Å². The molecule has 0 aliphatic carbocycles. The predicted octanol–water partition coefficient (Wildman–Crippen LogP) is 4.86. The number of hydrogen-bond donors (Lipinski definition) is 0. The highest BCUT2D eigenvalue weighted by Gasteiger charge is 2.19. The Morgan fingerprint density at radius 2 is 1.56 bits per heavy atom. The van der Waals surface area contributed by atoms with E-state index in [1.54, 1.807) is 7.11 Å². The maximum atomic E-state index is 11.9. The van der Waals surface area contributed by atoms with Crippen LogP contribution in [-0.2, 0) is 11.3 Å². The van der Waals surface area contributed by atoms with Crippen molar-refractivity contribution in [3.8, 4) is 16.9 Å². The molecule has 0 radical (unpaired) electrons. The molecule has 32 heavy (non-hydrogen) atoms. The zero-order valence-electron chi connectivity index (χ0n) is 18.8. The van der Waals surface area contributed by atoms with E-state index in [1.807, 2.05) is 43.3 Å². The first-order valence-corrected chi connectivity index (χ1v) is 11.1. The lowest BCUT2D eigenvalue weighted by Crippen LogP contribution is -2.46. The van der Waals surface area contributed by atoms with Crippen molar-refractivity contribution in [3.05, 3.63) is 83.9 Å². The van der Waals surface area contributed by atoms with E-state index in [1.165, 1.54) is 16.7 Å². The molecular formula is C27H30N2O3. The minimum absolute atomic E-state index is 0.264. The van der Waals surface area contributed by atoms with Crippen molar-refractivity contribution in [1.82, 2.24) is 4.90 Å². The van der Waals surface area contributed by atoms with Crippen LogP contribution >= 0.6 is 0 Å². The molecule has 5 nitrogen and oxygen atoms in total. The van der Waals surface area contributed by atoms with Crippen LogP contribution in [0.1, 0.15) is 22.8 Å². The molecule has 1 aliphatic heterocycles. The van der Waals surface area contributed by atoms with Crippen molar-refractivity contribution < 1.29 is 14.3 Å². The van der Waals surface area contributed by atoms with Gasteiger partial charge in [-0.2, -0.15) is 0 Å². The zero-order valence-corrected chi connectivity index (χ0v) is 18.8. The maximum Gasteiger partial charge on any atom is 0.338 e. The summed E-state index contributed by atoms with van der Waals surface area (Å²) in [6, 6.07) is 24.6. The van der Waals surface area contributed by atoms with Crippen LogP contribution in [0.2, 0.25) is 0 Å². The molecule has 0 spiro atoms. The third-order valence-electron chi connectivity index (χ3n) is 5.93. The maximum absolute atomic E-state index is 11.9. The smallest absolute Gasteiger partial charge is 0.338 e. The molecule has 0 bridgehead atoms. The zero-order chi connectivity index (χ0) is 22.3. The van der Waals surface area contributed by atoms with E-state index in [9.17, 15) is 4.79 Å². The van der Waals surface area contributed by atoms with E-state index in [2.05, 4.69) is 46.2 Å². The Morgan fingerprint density at radius 3 is 2.22 bits per heavy atom. The lowest BCUT2D eigenvalue weighted by Gasteiger charge is -2.36. The van der Waals surface area contributed by atoms with Gasteiger partial charge in [0.05, 0.1) is 19.3 Å². The van der Waals surface area contributed by atoms with Crippen molar-refractivity contribution in [2.24, 2.45) is 0 Å². The summed E-state index contributed by atoms with van der Waals surface area (Å²) >= 11 is 0. The van der Waals surface area contributed by atoms with Gasteiger partial charge in [-0.3, -0.25) is 4.90 Å². The first-order chi connectivity index (χ1) is 15.7. The van der Waals surface area contributed by atoms with Gasteiger partial charge >= 0.3 is 5.97 Å². The number of ether oxygens (including phenoxy) is 2. The van der Waals surface area contributed by atoms with Gasteiger partial charge in [-0.15, -0.1) is 0 Å². The predicted molar refractivity (Wildman–Crippen MR) is 128 cm³/mol. The van der Waals surface area contributed by atoms with Crippen molar-refractivity contribution in [3.63, 3.8) is 0 Å². The van der Waals surface area contributed by atoms with E-state index < -0.39 is 0 Å². The lowest BCUT2D eigenvalue weighted by atomic mass is 9.99. The van der Waals surface area contributed by atoms with E-state index in [0.717, 1.165) is 44.2 Å². The highest BCUT2D eigenvalue weighted by molar-refractivity contribution is 5.89. The second-order valence-corrected chi connectivity index (χ2v) is 7.92. The van der Waals surface area contributed by atoms with Crippen molar-refractivity contribution in [2.45, 2.75) is 13.5 Å². The fourth-order valence-electron chi connectivity index (χ4n) is 4.14. The molecule has 5 heteroatoms. The van der Waals surface area contributed by atoms with Crippen molar-refractivity contribution in [1.29, 1.82) is 0 Å². The number of carbonyl (C=O) groups excluding carboxylic acids is 1. The molecule has 1 saturated heterocycles. The average molecular weight is 431 g/mol. The highest BCUT2D eigenvalue weighted by atomic mass is 16.5. The quantitative estimate of drug-likeness (QED) is 0.501. The average Bonchev–Trinajstić information content (AvgIpc) is 2.85. The summed E-state index contributed by atoms with van der Waals surface area (Å²) in [5.41, 5.74) is 5.57. The summed E-state index contributed by atoms with van der Waals surface area (Å²) in [5, 5.41) is 0. The molecule has 0 aromatic heterocycles. The number of esters is 1. The Kier molecular flexibility index (Phi) is 7.07. The van der Waals surface area contributed by atoms with Gasteiger partial charge in [0.1, 0.15) is 5.75 Å². The van der Waals surface area contributed by atoms with Crippen LogP contribution in [0.25, 0.3) is 11.1 Å². The molecule has 3 aromatic rings. The number of carbonyl (C=O) groups is 1. The van der Waals surface area contributed by atoms with Crippen molar-refractivity contribution in [2.75, 3.05) is 44.8 Å². The molecule has 0 atom stereocenters. The number of hydrogen-bond acceptors (Lipinski definition) is 5.